The molecule has 36 heavy (non-hydrogen) atoms. The van der Waals surface area contributed by atoms with Crippen LogP contribution in [0.25, 0.3) is 0 Å². The van der Waals surface area contributed by atoms with Crippen molar-refractivity contribution in [3.63, 3.8) is 0 Å². The zero-order chi connectivity index (χ0) is 25.1. The minimum absolute atomic E-state index is 0.0783. The van der Waals surface area contributed by atoms with Gasteiger partial charge in [-0.1, -0.05) is 18.7 Å². The Morgan fingerprint density at radius 2 is 2.00 bits per heavy atom. The lowest BCUT2D eigenvalue weighted by atomic mass is 10.0. The summed E-state index contributed by atoms with van der Waals surface area (Å²) in [4.78, 5) is 33.1. The Morgan fingerprint density at radius 1 is 1.22 bits per heavy atom. The Balaban J connectivity index is 1.34. The van der Waals surface area contributed by atoms with E-state index in [1.807, 2.05) is 24.3 Å². The first-order chi connectivity index (χ1) is 17.5. The van der Waals surface area contributed by atoms with E-state index in [-0.39, 0.29) is 35.8 Å². The molecule has 0 unspecified atom stereocenters. The number of benzene rings is 1. The fourth-order valence-electron chi connectivity index (χ4n) is 4.93. The number of carbonyl (C=O) groups is 2. The maximum absolute atomic E-state index is 15.4. The predicted octanol–water partition coefficient (Wildman–Crippen LogP) is 2.63. The van der Waals surface area contributed by atoms with Gasteiger partial charge in [-0.15, -0.1) is 0 Å². The fraction of sp³-hybridized carbons (Fsp3) is 0.423. The first-order valence-electron chi connectivity index (χ1n) is 12.4. The Kier molecular flexibility index (Phi) is 7.15. The third-order valence-electron chi connectivity index (χ3n) is 6.86. The lowest BCUT2D eigenvalue weighted by Gasteiger charge is -2.33. The molecule has 9 nitrogen and oxygen atoms in total. The number of hydrogen-bond donors (Lipinski definition) is 3. The highest BCUT2D eigenvalue weighted by Crippen LogP contribution is 2.32. The summed E-state index contributed by atoms with van der Waals surface area (Å²) in [6.07, 6.45) is 2.87. The lowest BCUT2D eigenvalue weighted by molar-refractivity contribution is -0.127. The number of nitrogens with one attached hydrogen (secondary N) is 3. The molecule has 0 saturated carbocycles. The number of ether oxygens (including phenoxy) is 1. The molecule has 2 saturated heterocycles. The summed E-state index contributed by atoms with van der Waals surface area (Å²) in [5, 5.41) is 9.09. The van der Waals surface area contributed by atoms with Gasteiger partial charge < -0.3 is 25.6 Å². The van der Waals surface area contributed by atoms with E-state index in [9.17, 15) is 9.59 Å². The minimum Gasteiger partial charge on any atom is -0.379 e. The summed E-state index contributed by atoms with van der Waals surface area (Å²) < 4.78 is 20.8. The standard InChI is InChI=1S/C26H31FN6O3/c1-2-21(34)33-9-3-4-19(16-33)30-25-23(27)20-14-28-26(35)22(20)24(31-25)29-18-7-5-17(6-8-18)15-32-10-12-36-13-11-32/h2,5-8,19H,1,3-4,9-16H2,(H,28,35)(H2,29,30,31)/t19-/m1/s1. The number of carbonyl (C=O) groups excluding carboxylic acids is 2. The summed E-state index contributed by atoms with van der Waals surface area (Å²) in [7, 11) is 0. The summed E-state index contributed by atoms with van der Waals surface area (Å²) in [5.41, 5.74) is 2.45. The van der Waals surface area contributed by atoms with Crippen LogP contribution in [0.3, 0.4) is 0 Å². The van der Waals surface area contributed by atoms with Crippen LogP contribution in [-0.2, 0) is 22.6 Å². The number of amides is 2. The average Bonchev–Trinajstić information content (AvgIpc) is 3.30. The topological polar surface area (TPSA) is 98.8 Å². The molecule has 0 bridgehead atoms. The number of anilines is 3. The van der Waals surface area contributed by atoms with Crippen molar-refractivity contribution in [2.24, 2.45) is 0 Å². The third-order valence-corrected chi connectivity index (χ3v) is 6.86. The van der Waals surface area contributed by atoms with Crippen molar-refractivity contribution < 1.29 is 18.7 Å². The molecule has 1 atom stereocenters. The first-order valence-corrected chi connectivity index (χ1v) is 12.4. The van der Waals surface area contributed by atoms with Gasteiger partial charge in [-0.05, 0) is 36.6 Å². The van der Waals surface area contributed by atoms with Gasteiger partial charge in [0.15, 0.2) is 11.6 Å². The Bertz CT molecular complexity index is 1150. The summed E-state index contributed by atoms with van der Waals surface area (Å²) in [5.74, 6) is -0.649. The number of rotatable bonds is 7. The van der Waals surface area contributed by atoms with Gasteiger partial charge in [-0.25, -0.2) is 9.37 Å². The van der Waals surface area contributed by atoms with E-state index in [2.05, 4.69) is 32.4 Å². The largest absolute Gasteiger partial charge is 0.379 e. The highest BCUT2D eigenvalue weighted by atomic mass is 19.1. The number of likely N-dealkylation sites (tertiary alicyclic amines) is 1. The van der Waals surface area contributed by atoms with Gasteiger partial charge in [0.25, 0.3) is 5.91 Å². The smallest absolute Gasteiger partial charge is 0.255 e. The number of nitrogens with zero attached hydrogens (tertiary/aromatic N) is 3. The number of pyridine rings is 1. The molecule has 4 heterocycles. The molecular weight excluding hydrogens is 463 g/mol. The molecule has 0 spiro atoms. The van der Waals surface area contributed by atoms with Crippen LogP contribution >= 0.6 is 0 Å². The Hall–Kier alpha value is -3.50. The van der Waals surface area contributed by atoms with Crippen molar-refractivity contribution in [1.29, 1.82) is 0 Å². The van der Waals surface area contributed by atoms with Crippen LogP contribution < -0.4 is 16.0 Å². The molecule has 1 aromatic carbocycles. The zero-order valence-corrected chi connectivity index (χ0v) is 20.2. The molecule has 10 heteroatoms. The molecule has 2 aromatic rings. The predicted molar refractivity (Wildman–Crippen MR) is 135 cm³/mol. The van der Waals surface area contributed by atoms with E-state index in [1.54, 1.807) is 4.90 Å². The highest BCUT2D eigenvalue weighted by Gasteiger charge is 2.31. The molecule has 1 aromatic heterocycles. The van der Waals surface area contributed by atoms with Crippen LogP contribution in [0.2, 0.25) is 0 Å². The van der Waals surface area contributed by atoms with E-state index in [0.717, 1.165) is 51.4 Å². The van der Waals surface area contributed by atoms with Crippen molar-refractivity contribution in [2.75, 3.05) is 50.0 Å². The third kappa shape index (κ3) is 5.19. The van der Waals surface area contributed by atoms with E-state index >= 15 is 4.39 Å². The van der Waals surface area contributed by atoms with Crippen LogP contribution in [0.5, 0.6) is 0 Å². The van der Waals surface area contributed by atoms with Gasteiger partial charge in [0.1, 0.15) is 5.82 Å². The van der Waals surface area contributed by atoms with Gasteiger partial charge in [-0.3, -0.25) is 14.5 Å². The first kappa shape index (κ1) is 24.2. The number of halogens is 1. The molecule has 5 rings (SSSR count). The van der Waals surface area contributed by atoms with E-state index < -0.39 is 5.82 Å². The zero-order valence-electron chi connectivity index (χ0n) is 20.2. The lowest BCUT2D eigenvalue weighted by Crippen LogP contribution is -2.44. The molecule has 2 amide bonds. The van der Waals surface area contributed by atoms with Crippen LogP contribution in [0, 0.1) is 5.82 Å². The molecule has 0 aliphatic carbocycles. The molecule has 2 fully saturated rings. The van der Waals surface area contributed by atoms with E-state index in [0.29, 0.717) is 24.5 Å². The molecule has 3 aliphatic heterocycles. The highest BCUT2D eigenvalue weighted by molar-refractivity contribution is 6.03. The number of piperidine rings is 1. The Labute approximate surface area is 209 Å². The summed E-state index contributed by atoms with van der Waals surface area (Å²) >= 11 is 0. The molecule has 0 radical (unpaired) electrons. The Morgan fingerprint density at radius 3 is 2.75 bits per heavy atom. The van der Waals surface area contributed by atoms with Crippen molar-refractivity contribution in [3.05, 3.63) is 59.4 Å². The van der Waals surface area contributed by atoms with Crippen molar-refractivity contribution in [1.82, 2.24) is 20.1 Å². The van der Waals surface area contributed by atoms with Crippen molar-refractivity contribution in [2.45, 2.75) is 32.0 Å². The van der Waals surface area contributed by atoms with Gasteiger partial charge >= 0.3 is 0 Å². The normalized spacial score (nSPS) is 20.0. The van der Waals surface area contributed by atoms with Crippen molar-refractivity contribution in [3.8, 4) is 0 Å². The van der Waals surface area contributed by atoms with Gasteiger partial charge in [0, 0.05) is 56.6 Å². The fourth-order valence-corrected chi connectivity index (χ4v) is 4.93. The summed E-state index contributed by atoms with van der Waals surface area (Å²) in [6.45, 7) is 8.92. The maximum Gasteiger partial charge on any atom is 0.255 e. The van der Waals surface area contributed by atoms with Gasteiger partial charge in [0.2, 0.25) is 5.91 Å². The quantitative estimate of drug-likeness (QED) is 0.509. The number of fused-ring (bicyclic) bond motifs is 1. The van der Waals surface area contributed by atoms with Crippen LogP contribution in [0.15, 0.2) is 36.9 Å². The van der Waals surface area contributed by atoms with Gasteiger partial charge in [0.05, 0.1) is 18.8 Å². The summed E-state index contributed by atoms with van der Waals surface area (Å²) in [6, 6.07) is 7.79. The second kappa shape index (κ2) is 10.6. The van der Waals surface area contributed by atoms with Crippen LogP contribution in [0.4, 0.5) is 21.7 Å². The van der Waals surface area contributed by atoms with Crippen LogP contribution in [-0.4, -0.2) is 72.0 Å². The molecule has 190 valence electrons. The monoisotopic (exact) mass is 494 g/mol. The second-order valence-corrected chi connectivity index (χ2v) is 9.34. The van der Waals surface area contributed by atoms with Crippen LogP contribution in [0.1, 0.15) is 34.3 Å². The van der Waals surface area contributed by atoms with E-state index in [1.165, 1.54) is 11.6 Å². The number of hydrogen-bond acceptors (Lipinski definition) is 7. The number of aromatic nitrogens is 1. The molecule has 3 aliphatic rings. The molecular formula is C26H31FN6O3. The van der Waals surface area contributed by atoms with Crippen molar-refractivity contribution >= 4 is 29.1 Å². The second-order valence-electron chi connectivity index (χ2n) is 9.34. The van der Waals surface area contributed by atoms with E-state index in [4.69, 9.17) is 4.74 Å². The minimum atomic E-state index is -0.540. The van der Waals surface area contributed by atoms with Gasteiger partial charge in [-0.2, -0.15) is 0 Å². The SMILES string of the molecule is C=CC(=O)N1CCC[C@@H](Nc2nc(Nc3ccc(CN4CCOCC4)cc3)c3c(c2F)CNC3=O)C1. The maximum atomic E-state index is 15.4. The molecule has 3 N–H and O–H groups in total. The average molecular weight is 495 g/mol. The number of morpholine rings is 1.